The normalized spacial score (nSPS) is 25.3. The molecule has 0 aromatic heterocycles. The summed E-state index contributed by atoms with van der Waals surface area (Å²) in [6, 6.07) is 0.319. The van der Waals surface area contributed by atoms with Crippen LogP contribution in [-0.2, 0) is 4.79 Å². The molecule has 1 aliphatic heterocycles. The van der Waals surface area contributed by atoms with Crippen molar-refractivity contribution >= 4 is 5.91 Å². The Labute approximate surface area is 123 Å². The fourth-order valence-electron chi connectivity index (χ4n) is 3.03. The van der Waals surface area contributed by atoms with E-state index in [0.717, 1.165) is 32.4 Å². The van der Waals surface area contributed by atoms with Gasteiger partial charge >= 0.3 is 0 Å². The van der Waals surface area contributed by atoms with Crippen LogP contribution < -0.4 is 5.73 Å². The van der Waals surface area contributed by atoms with Crippen molar-refractivity contribution in [2.75, 3.05) is 26.2 Å². The van der Waals surface area contributed by atoms with Gasteiger partial charge in [0, 0.05) is 32.2 Å². The highest BCUT2D eigenvalue weighted by Gasteiger charge is 2.36. The lowest BCUT2D eigenvalue weighted by Gasteiger charge is -2.43. The average molecular weight is 285 g/mol. The minimum absolute atomic E-state index is 0.0643. The second kappa shape index (κ2) is 7.38. The highest BCUT2D eigenvalue weighted by atomic mass is 16.3. The van der Waals surface area contributed by atoms with Gasteiger partial charge in [-0.15, -0.1) is 0 Å². The van der Waals surface area contributed by atoms with Crippen molar-refractivity contribution in [1.82, 2.24) is 9.80 Å². The molecule has 5 heteroatoms. The number of nitrogens with two attached hydrogens (primary N) is 1. The fourth-order valence-corrected chi connectivity index (χ4v) is 3.03. The van der Waals surface area contributed by atoms with Gasteiger partial charge in [-0.2, -0.15) is 0 Å². The molecule has 0 aliphatic carbocycles. The summed E-state index contributed by atoms with van der Waals surface area (Å²) < 4.78 is 0. The first-order valence-corrected chi connectivity index (χ1v) is 7.82. The van der Waals surface area contributed by atoms with Gasteiger partial charge in [-0.1, -0.05) is 20.3 Å². The summed E-state index contributed by atoms with van der Waals surface area (Å²) >= 11 is 0. The van der Waals surface area contributed by atoms with Crippen LogP contribution in [0.5, 0.6) is 0 Å². The van der Waals surface area contributed by atoms with Crippen LogP contribution in [-0.4, -0.2) is 64.7 Å². The van der Waals surface area contributed by atoms with Crippen LogP contribution in [0.25, 0.3) is 0 Å². The van der Waals surface area contributed by atoms with Crippen molar-refractivity contribution in [3.05, 3.63) is 0 Å². The first-order valence-electron chi connectivity index (χ1n) is 7.82. The van der Waals surface area contributed by atoms with Crippen LogP contribution in [0.15, 0.2) is 0 Å². The highest BCUT2D eigenvalue weighted by Crippen LogP contribution is 2.18. The molecular weight excluding hydrogens is 254 g/mol. The zero-order valence-electron chi connectivity index (χ0n) is 13.4. The molecule has 1 fully saturated rings. The van der Waals surface area contributed by atoms with E-state index in [1.54, 1.807) is 0 Å². The maximum absolute atomic E-state index is 12.5. The molecule has 0 aromatic carbocycles. The molecule has 0 radical (unpaired) electrons. The number of amides is 1. The van der Waals surface area contributed by atoms with E-state index < -0.39 is 5.54 Å². The molecule has 1 rings (SSSR count). The number of aliphatic hydroxyl groups is 1. The van der Waals surface area contributed by atoms with Crippen LogP contribution in [0.2, 0.25) is 0 Å². The monoisotopic (exact) mass is 285 g/mol. The van der Waals surface area contributed by atoms with Crippen LogP contribution in [0.3, 0.4) is 0 Å². The Morgan fingerprint density at radius 3 is 2.60 bits per heavy atom. The fraction of sp³-hybridized carbons (Fsp3) is 0.933. The van der Waals surface area contributed by atoms with Gasteiger partial charge in [-0.25, -0.2) is 0 Å². The number of carbonyl (C=O) groups is 1. The molecule has 118 valence electrons. The third-order valence-electron chi connectivity index (χ3n) is 4.12. The van der Waals surface area contributed by atoms with Crippen LogP contribution >= 0.6 is 0 Å². The van der Waals surface area contributed by atoms with Crippen molar-refractivity contribution in [2.24, 2.45) is 5.73 Å². The van der Waals surface area contributed by atoms with E-state index in [2.05, 4.69) is 11.8 Å². The van der Waals surface area contributed by atoms with E-state index in [0.29, 0.717) is 19.1 Å². The third kappa shape index (κ3) is 4.43. The van der Waals surface area contributed by atoms with Crippen molar-refractivity contribution in [3.63, 3.8) is 0 Å². The van der Waals surface area contributed by atoms with Gasteiger partial charge in [0.25, 0.3) is 0 Å². The lowest BCUT2D eigenvalue weighted by atomic mass is 9.94. The molecule has 3 atom stereocenters. The Morgan fingerprint density at radius 1 is 1.45 bits per heavy atom. The number of β-amino-alcohol motifs (C(OH)–C–C–N with tert-alkyl or cyclic N) is 1. The number of aliphatic hydroxyl groups excluding tert-OH is 1. The summed E-state index contributed by atoms with van der Waals surface area (Å²) in [5.41, 5.74) is 5.41. The molecule has 0 spiro atoms. The molecule has 3 N–H and O–H groups in total. The zero-order chi connectivity index (χ0) is 15.3. The molecule has 0 bridgehead atoms. The Morgan fingerprint density at radius 2 is 2.10 bits per heavy atom. The number of hydrogen-bond donors (Lipinski definition) is 2. The molecular formula is C15H31N3O2. The van der Waals surface area contributed by atoms with E-state index in [-0.39, 0.29) is 12.0 Å². The Bertz CT molecular complexity index is 318. The van der Waals surface area contributed by atoms with Crippen molar-refractivity contribution < 1.29 is 9.90 Å². The molecule has 1 amide bonds. The van der Waals surface area contributed by atoms with E-state index in [1.165, 1.54) is 0 Å². The molecule has 1 aliphatic rings. The summed E-state index contributed by atoms with van der Waals surface area (Å²) in [5, 5.41) is 9.55. The predicted molar refractivity (Wildman–Crippen MR) is 81.4 cm³/mol. The van der Waals surface area contributed by atoms with Gasteiger partial charge in [0.2, 0.25) is 5.91 Å². The smallest absolute Gasteiger partial charge is 0.242 e. The second-order valence-electron chi connectivity index (χ2n) is 6.32. The summed E-state index contributed by atoms with van der Waals surface area (Å²) in [5.74, 6) is 0.0643. The van der Waals surface area contributed by atoms with Gasteiger partial charge < -0.3 is 15.7 Å². The standard InChI is InChI=1S/C15H31N3O2/c1-5-7-15(4,16)14(20)18-9-8-17(10-12(3)19)13(6-2)11-18/h12-13,19H,5-11,16H2,1-4H3. The second-order valence-corrected chi connectivity index (χ2v) is 6.32. The van der Waals surface area contributed by atoms with Gasteiger partial charge in [0.05, 0.1) is 11.6 Å². The predicted octanol–water partition coefficient (Wildman–Crippen LogP) is 0.808. The first-order chi connectivity index (χ1) is 9.31. The minimum Gasteiger partial charge on any atom is -0.392 e. The Balaban J connectivity index is 2.66. The summed E-state index contributed by atoms with van der Waals surface area (Å²) in [4.78, 5) is 16.7. The van der Waals surface area contributed by atoms with E-state index in [4.69, 9.17) is 5.73 Å². The lowest BCUT2D eigenvalue weighted by molar-refractivity contribution is -0.140. The largest absolute Gasteiger partial charge is 0.392 e. The molecule has 0 aromatic rings. The third-order valence-corrected chi connectivity index (χ3v) is 4.12. The molecule has 20 heavy (non-hydrogen) atoms. The number of piperazine rings is 1. The average Bonchev–Trinajstić information content (AvgIpc) is 2.37. The number of hydrogen-bond acceptors (Lipinski definition) is 4. The highest BCUT2D eigenvalue weighted by molar-refractivity contribution is 5.85. The van der Waals surface area contributed by atoms with E-state index >= 15 is 0 Å². The van der Waals surface area contributed by atoms with Crippen molar-refractivity contribution in [3.8, 4) is 0 Å². The van der Waals surface area contributed by atoms with Crippen molar-refractivity contribution in [1.29, 1.82) is 0 Å². The van der Waals surface area contributed by atoms with Gasteiger partial charge in [-0.3, -0.25) is 9.69 Å². The maximum atomic E-state index is 12.5. The summed E-state index contributed by atoms with van der Waals surface area (Å²) in [7, 11) is 0. The number of carbonyl (C=O) groups excluding carboxylic acids is 1. The van der Waals surface area contributed by atoms with E-state index in [9.17, 15) is 9.90 Å². The Kier molecular flexibility index (Phi) is 6.43. The molecule has 1 heterocycles. The van der Waals surface area contributed by atoms with Crippen LogP contribution in [0, 0.1) is 0 Å². The lowest BCUT2D eigenvalue weighted by Crippen LogP contribution is -2.61. The van der Waals surface area contributed by atoms with Crippen LogP contribution in [0.1, 0.15) is 47.0 Å². The van der Waals surface area contributed by atoms with Gasteiger partial charge in [0.1, 0.15) is 0 Å². The van der Waals surface area contributed by atoms with Gasteiger partial charge in [0.15, 0.2) is 0 Å². The molecule has 3 unspecified atom stereocenters. The summed E-state index contributed by atoms with van der Waals surface area (Å²) in [6.07, 6.45) is 2.28. The summed E-state index contributed by atoms with van der Waals surface area (Å²) in [6.45, 7) is 10.7. The van der Waals surface area contributed by atoms with Crippen molar-refractivity contribution in [2.45, 2.75) is 64.6 Å². The minimum atomic E-state index is -0.751. The topological polar surface area (TPSA) is 69.8 Å². The molecule has 5 nitrogen and oxygen atoms in total. The number of rotatable bonds is 6. The molecule has 0 saturated carbocycles. The van der Waals surface area contributed by atoms with Gasteiger partial charge in [-0.05, 0) is 26.7 Å². The number of nitrogens with zero attached hydrogens (tertiary/aromatic N) is 2. The van der Waals surface area contributed by atoms with Crippen LogP contribution in [0.4, 0.5) is 0 Å². The zero-order valence-corrected chi connectivity index (χ0v) is 13.4. The Hall–Kier alpha value is -0.650. The SMILES string of the molecule is CCCC(C)(N)C(=O)N1CCN(CC(C)O)C(CC)C1. The van der Waals surface area contributed by atoms with E-state index in [1.807, 2.05) is 25.7 Å². The molecule has 1 saturated heterocycles. The quantitative estimate of drug-likeness (QED) is 0.757. The first kappa shape index (κ1) is 17.4. The maximum Gasteiger partial charge on any atom is 0.242 e.